The zero-order chi connectivity index (χ0) is 12.0. The summed E-state index contributed by atoms with van der Waals surface area (Å²) in [5.41, 5.74) is 2.64. The van der Waals surface area contributed by atoms with Crippen molar-refractivity contribution in [3.8, 4) is 5.75 Å². The average Bonchev–Trinajstić information content (AvgIpc) is 2.30. The molecule has 0 bridgehead atoms. The van der Waals surface area contributed by atoms with E-state index < -0.39 is 0 Å². The number of rotatable bonds is 6. The van der Waals surface area contributed by atoms with Crippen molar-refractivity contribution in [3.05, 3.63) is 29.3 Å². The number of benzene rings is 1. The molecule has 1 heteroatoms. The minimum absolute atomic E-state index is 0.371. The van der Waals surface area contributed by atoms with Gasteiger partial charge in [0.15, 0.2) is 0 Å². The first-order valence-electron chi connectivity index (χ1n) is 6.47. The lowest BCUT2D eigenvalue weighted by Crippen LogP contribution is -2.15. The lowest BCUT2D eigenvalue weighted by molar-refractivity contribution is 0.184. The molecular formula is C15H24O. The Morgan fingerprint density at radius 3 is 2.44 bits per heavy atom. The number of hydrogen-bond acceptors (Lipinski definition) is 1. The molecule has 1 nitrogen and oxygen atoms in total. The Balaban J connectivity index is 2.72. The van der Waals surface area contributed by atoms with Gasteiger partial charge in [-0.05, 0) is 43.4 Å². The third kappa shape index (κ3) is 3.55. The van der Waals surface area contributed by atoms with Gasteiger partial charge < -0.3 is 4.74 Å². The third-order valence-electron chi connectivity index (χ3n) is 3.01. The van der Waals surface area contributed by atoms with Gasteiger partial charge in [-0.2, -0.15) is 0 Å². The van der Waals surface area contributed by atoms with Gasteiger partial charge in [0.05, 0.1) is 6.10 Å². The van der Waals surface area contributed by atoms with Crippen molar-refractivity contribution in [2.75, 3.05) is 0 Å². The first-order valence-corrected chi connectivity index (χ1v) is 6.47. The van der Waals surface area contributed by atoms with Crippen molar-refractivity contribution in [2.24, 2.45) is 0 Å². The van der Waals surface area contributed by atoms with Crippen LogP contribution in [0, 0.1) is 6.92 Å². The Bertz CT molecular complexity index is 317. The second-order valence-electron chi connectivity index (χ2n) is 4.39. The second-order valence-corrected chi connectivity index (χ2v) is 4.39. The highest BCUT2D eigenvalue weighted by molar-refractivity contribution is 5.36. The fraction of sp³-hybridized carbons (Fsp3) is 0.600. The minimum Gasteiger partial charge on any atom is -0.490 e. The molecular weight excluding hydrogens is 196 g/mol. The highest BCUT2D eigenvalue weighted by atomic mass is 16.5. The van der Waals surface area contributed by atoms with Crippen LogP contribution >= 0.6 is 0 Å². The van der Waals surface area contributed by atoms with E-state index in [-0.39, 0.29) is 0 Å². The first-order chi connectivity index (χ1) is 7.71. The smallest absolute Gasteiger partial charge is 0.122 e. The van der Waals surface area contributed by atoms with Crippen LogP contribution in [0.5, 0.6) is 5.75 Å². The van der Waals surface area contributed by atoms with Gasteiger partial charge in [-0.15, -0.1) is 0 Å². The maximum absolute atomic E-state index is 6.03. The lowest BCUT2D eigenvalue weighted by Gasteiger charge is -2.18. The molecule has 16 heavy (non-hydrogen) atoms. The molecule has 1 aromatic rings. The van der Waals surface area contributed by atoms with Crippen molar-refractivity contribution in [1.82, 2.24) is 0 Å². The minimum atomic E-state index is 0.371. The first kappa shape index (κ1) is 13.1. The normalized spacial score (nSPS) is 12.5. The summed E-state index contributed by atoms with van der Waals surface area (Å²) in [4.78, 5) is 0. The van der Waals surface area contributed by atoms with Gasteiger partial charge in [-0.3, -0.25) is 0 Å². The van der Waals surface area contributed by atoms with Crippen molar-refractivity contribution in [2.45, 2.75) is 59.5 Å². The molecule has 0 heterocycles. The van der Waals surface area contributed by atoms with Gasteiger partial charge in [0.1, 0.15) is 5.75 Å². The van der Waals surface area contributed by atoms with Crippen LogP contribution in [0.3, 0.4) is 0 Å². The standard InChI is InChI=1S/C15H24O/c1-5-8-14(7-3)16-15-10-9-13(6-2)11-12(15)4/h9-11,14H,5-8H2,1-4H3. The van der Waals surface area contributed by atoms with Gasteiger partial charge in [-0.25, -0.2) is 0 Å². The van der Waals surface area contributed by atoms with E-state index in [9.17, 15) is 0 Å². The van der Waals surface area contributed by atoms with Crippen molar-refractivity contribution in [1.29, 1.82) is 0 Å². The van der Waals surface area contributed by atoms with E-state index in [1.807, 2.05) is 0 Å². The summed E-state index contributed by atoms with van der Waals surface area (Å²) in [6.45, 7) is 8.71. The zero-order valence-corrected chi connectivity index (χ0v) is 11.0. The zero-order valence-electron chi connectivity index (χ0n) is 11.0. The van der Waals surface area contributed by atoms with Gasteiger partial charge in [0.25, 0.3) is 0 Å². The van der Waals surface area contributed by atoms with Crippen LogP contribution in [-0.4, -0.2) is 6.10 Å². The Labute approximate surface area is 99.8 Å². The predicted molar refractivity (Wildman–Crippen MR) is 70.2 cm³/mol. The van der Waals surface area contributed by atoms with Crippen LogP contribution in [-0.2, 0) is 6.42 Å². The SMILES string of the molecule is CCCC(CC)Oc1ccc(CC)cc1C. The summed E-state index contributed by atoms with van der Waals surface area (Å²) in [5.74, 6) is 1.05. The topological polar surface area (TPSA) is 9.23 Å². The van der Waals surface area contributed by atoms with E-state index >= 15 is 0 Å². The molecule has 0 amide bonds. The predicted octanol–water partition coefficient (Wildman–Crippen LogP) is 4.51. The van der Waals surface area contributed by atoms with Crippen LogP contribution in [0.4, 0.5) is 0 Å². The van der Waals surface area contributed by atoms with E-state index in [1.54, 1.807) is 0 Å². The molecule has 0 aliphatic rings. The van der Waals surface area contributed by atoms with Gasteiger partial charge in [0.2, 0.25) is 0 Å². The Hall–Kier alpha value is -0.980. The number of ether oxygens (including phenoxy) is 1. The highest BCUT2D eigenvalue weighted by Gasteiger charge is 2.08. The monoisotopic (exact) mass is 220 g/mol. The molecule has 0 aliphatic heterocycles. The molecule has 0 saturated heterocycles. The van der Waals surface area contributed by atoms with Crippen molar-refractivity contribution in [3.63, 3.8) is 0 Å². The maximum atomic E-state index is 6.03. The lowest BCUT2D eigenvalue weighted by atomic mass is 10.1. The van der Waals surface area contributed by atoms with Gasteiger partial charge in [0, 0.05) is 0 Å². The quantitative estimate of drug-likeness (QED) is 0.685. The fourth-order valence-electron chi connectivity index (χ4n) is 1.91. The molecule has 90 valence electrons. The fourth-order valence-corrected chi connectivity index (χ4v) is 1.91. The Morgan fingerprint density at radius 1 is 1.19 bits per heavy atom. The molecule has 1 atom stereocenters. The Kier molecular flexibility index (Phi) is 5.37. The molecule has 0 saturated carbocycles. The molecule has 0 radical (unpaired) electrons. The van der Waals surface area contributed by atoms with Crippen molar-refractivity contribution < 1.29 is 4.74 Å². The summed E-state index contributed by atoms with van der Waals surface area (Å²) in [7, 11) is 0. The molecule has 1 unspecified atom stereocenters. The summed E-state index contributed by atoms with van der Waals surface area (Å²) < 4.78 is 6.03. The summed E-state index contributed by atoms with van der Waals surface area (Å²) in [6, 6.07) is 6.52. The van der Waals surface area contributed by atoms with Crippen LogP contribution in [0.2, 0.25) is 0 Å². The van der Waals surface area contributed by atoms with E-state index in [1.165, 1.54) is 17.5 Å². The third-order valence-corrected chi connectivity index (χ3v) is 3.01. The number of hydrogen-bond donors (Lipinski definition) is 0. The van der Waals surface area contributed by atoms with Crippen molar-refractivity contribution >= 4 is 0 Å². The molecule has 0 N–H and O–H groups in total. The largest absolute Gasteiger partial charge is 0.490 e. The molecule has 0 fully saturated rings. The van der Waals surface area contributed by atoms with Crippen LogP contribution in [0.1, 0.15) is 51.2 Å². The Morgan fingerprint density at radius 2 is 1.94 bits per heavy atom. The molecule has 0 aromatic heterocycles. The van der Waals surface area contributed by atoms with Crippen LogP contribution in [0.25, 0.3) is 0 Å². The maximum Gasteiger partial charge on any atom is 0.122 e. The molecule has 0 aliphatic carbocycles. The molecule has 0 spiro atoms. The van der Waals surface area contributed by atoms with Gasteiger partial charge in [-0.1, -0.05) is 39.3 Å². The summed E-state index contributed by atoms with van der Waals surface area (Å²) in [5, 5.41) is 0. The van der Waals surface area contributed by atoms with Crippen LogP contribution < -0.4 is 4.74 Å². The van der Waals surface area contributed by atoms with E-state index in [4.69, 9.17) is 4.74 Å². The van der Waals surface area contributed by atoms with E-state index in [2.05, 4.69) is 45.9 Å². The highest BCUT2D eigenvalue weighted by Crippen LogP contribution is 2.22. The second kappa shape index (κ2) is 6.57. The van der Waals surface area contributed by atoms with Gasteiger partial charge >= 0.3 is 0 Å². The van der Waals surface area contributed by atoms with E-state index in [0.717, 1.165) is 25.0 Å². The number of aryl methyl sites for hydroxylation is 2. The summed E-state index contributed by atoms with van der Waals surface area (Å²) >= 11 is 0. The van der Waals surface area contributed by atoms with Crippen LogP contribution in [0.15, 0.2) is 18.2 Å². The average molecular weight is 220 g/mol. The van der Waals surface area contributed by atoms with E-state index in [0.29, 0.717) is 6.10 Å². The molecule has 1 aromatic carbocycles. The summed E-state index contributed by atoms with van der Waals surface area (Å²) in [6.07, 6.45) is 4.88. The molecule has 1 rings (SSSR count).